The topological polar surface area (TPSA) is 215 Å². The second-order valence-electron chi connectivity index (χ2n) is 15.7. The van der Waals surface area contributed by atoms with Crippen LogP contribution in [0.25, 0.3) is 11.0 Å². The molecule has 7 atom stereocenters. The molecule has 16 nitrogen and oxygen atoms in total. The van der Waals surface area contributed by atoms with Crippen molar-refractivity contribution in [2.75, 3.05) is 20.8 Å². The molecule has 6 rings (SSSR count). The van der Waals surface area contributed by atoms with Crippen LogP contribution in [0.3, 0.4) is 0 Å². The predicted molar refractivity (Wildman–Crippen MR) is 197 cm³/mol. The summed E-state index contributed by atoms with van der Waals surface area (Å²) in [6.45, 7) is 5.10. The number of halogens is 3. The Bertz CT molecular complexity index is 2080. The second-order valence-corrected chi connectivity index (χ2v) is 17.8. The molecule has 3 heterocycles. The van der Waals surface area contributed by atoms with Gasteiger partial charge in [-0.2, -0.15) is 13.2 Å². The van der Waals surface area contributed by atoms with Crippen molar-refractivity contribution in [3.05, 3.63) is 30.0 Å². The minimum absolute atomic E-state index is 0.01000. The lowest BCUT2D eigenvalue weighted by Gasteiger charge is -2.33. The Morgan fingerprint density at radius 2 is 1.77 bits per heavy atom. The fourth-order valence-electron chi connectivity index (χ4n) is 7.75. The molecule has 2 saturated carbocycles. The Labute approximate surface area is 327 Å². The standard InChI is InChI=1S/C37H47F3N6O10S/c1-6-20-13-19(2)9-7-8-10-21-17-36(21,33(49)45-57(52,53)35(3)11-12-35)44-30(47)25-14-22(18-46(25)32(48)28(20)43-34(50)51)56-27-16-24-23(15-26(27)54-4)41-29(37(38,39)40)31(42-24)55-5/h8,10,15-16,19-22,25,28,43H,6-7,9,11-14,17-18H2,1-5H3,(H,44,47)(H,45,49)(H,50,51)/b10-8-/t19-,20-,21-,22-,25+,28+,36-/m1/s1. The third-order valence-corrected chi connectivity index (χ3v) is 13.7. The van der Waals surface area contributed by atoms with E-state index in [2.05, 4.69) is 25.3 Å². The lowest BCUT2D eigenvalue weighted by molar-refractivity contribution is -0.142. The normalized spacial score (nSPS) is 29.4. The molecule has 2 aromatic rings. The number of rotatable bonds is 9. The number of hydrogen-bond acceptors (Lipinski definition) is 11. The van der Waals surface area contributed by atoms with Crippen LogP contribution >= 0.6 is 0 Å². The summed E-state index contributed by atoms with van der Waals surface area (Å²) >= 11 is 0. The third-order valence-electron chi connectivity index (χ3n) is 11.6. The second kappa shape index (κ2) is 15.5. The first-order chi connectivity index (χ1) is 26.8. The summed E-state index contributed by atoms with van der Waals surface area (Å²) in [5.74, 6) is -4.18. The molecule has 4 amide bonds. The summed E-state index contributed by atoms with van der Waals surface area (Å²) in [4.78, 5) is 63.8. The molecule has 3 fully saturated rings. The van der Waals surface area contributed by atoms with Crippen molar-refractivity contribution in [2.24, 2.45) is 17.8 Å². The molecule has 1 saturated heterocycles. The van der Waals surface area contributed by atoms with Crippen LogP contribution in [0.15, 0.2) is 24.3 Å². The number of alkyl halides is 3. The number of nitrogens with zero attached hydrogens (tertiary/aromatic N) is 3. The van der Waals surface area contributed by atoms with Gasteiger partial charge in [0.15, 0.2) is 11.5 Å². The van der Waals surface area contributed by atoms with Gasteiger partial charge in [0.05, 0.1) is 36.5 Å². The van der Waals surface area contributed by atoms with Gasteiger partial charge in [0.2, 0.25) is 33.4 Å². The molecule has 4 N–H and O–H groups in total. The minimum atomic E-state index is -4.87. The molecule has 2 aliphatic heterocycles. The van der Waals surface area contributed by atoms with E-state index < -0.39 is 91.9 Å². The highest BCUT2D eigenvalue weighted by Gasteiger charge is 2.63. The van der Waals surface area contributed by atoms with Crippen LogP contribution in [0.5, 0.6) is 17.4 Å². The molecule has 2 aliphatic carbocycles. The van der Waals surface area contributed by atoms with Gasteiger partial charge in [-0.25, -0.2) is 23.2 Å². The largest absolute Gasteiger partial charge is 0.493 e. The average molecular weight is 825 g/mol. The molecule has 312 valence electrons. The summed E-state index contributed by atoms with van der Waals surface area (Å²) in [5, 5.41) is 15.0. The summed E-state index contributed by atoms with van der Waals surface area (Å²) < 4.78 is 85.0. The van der Waals surface area contributed by atoms with Crippen molar-refractivity contribution >= 4 is 44.9 Å². The lowest BCUT2D eigenvalue weighted by atomic mass is 9.85. The van der Waals surface area contributed by atoms with Crippen LogP contribution in [0.2, 0.25) is 0 Å². The Kier molecular flexibility index (Phi) is 11.3. The summed E-state index contributed by atoms with van der Waals surface area (Å²) in [6, 6.07) is -0.112. The van der Waals surface area contributed by atoms with E-state index in [4.69, 9.17) is 14.2 Å². The maximum absolute atomic E-state index is 14.6. The number of ether oxygens (including phenoxy) is 3. The van der Waals surface area contributed by atoms with E-state index in [1.807, 2.05) is 19.9 Å². The fourth-order valence-corrected chi connectivity index (χ4v) is 9.07. The van der Waals surface area contributed by atoms with E-state index >= 15 is 0 Å². The molecular formula is C37H47F3N6O10S. The Morgan fingerprint density at radius 3 is 2.39 bits per heavy atom. The first-order valence-corrected chi connectivity index (χ1v) is 20.3. The molecule has 57 heavy (non-hydrogen) atoms. The molecule has 0 radical (unpaired) electrons. The monoisotopic (exact) mass is 824 g/mol. The van der Waals surface area contributed by atoms with Gasteiger partial charge in [0.1, 0.15) is 23.7 Å². The quantitative estimate of drug-likeness (QED) is 0.265. The van der Waals surface area contributed by atoms with Crippen molar-refractivity contribution in [1.29, 1.82) is 0 Å². The van der Waals surface area contributed by atoms with Gasteiger partial charge in [-0.3, -0.25) is 19.1 Å². The number of aromatic nitrogens is 2. The van der Waals surface area contributed by atoms with Crippen LogP contribution in [-0.2, 0) is 30.6 Å². The SMILES string of the molecule is CC[C@@H]1C[C@H](C)CC/C=C\[C@@H]2C[C@@]2(C(=O)NS(=O)(=O)C2(C)CC2)NC(=O)[C@@H]2C[C@@H](Oc3cc4nc(OC)c(C(F)(F)F)nc4cc3OC)CN2C(=O)[C@H]1NC(=O)O. The van der Waals surface area contributed by atoms with Crippen LogP contribution in [0, 0.1) is 17.8 Å². The molecule has 1 aromatic carbocycles. The highest BCUT2D eigenvalue weighted by atomic mass is 32.2. The number of hydrogen-bond donors (Lipinski definition) is 4. The number of sulfonamides is 1. The Hall–Kier alpha value is -4.88. The summed E-state index contributed by atoms with van der Waals surface area (Å²) in [7, 11) is -1.80. The third kappa shape index (κ3) is 8.41. The van der Waals surface area contributed by atoms with E-state index in [1.54, 1.807) is 6.08 Å². The van der Waals surface area contributed by atoms with Gasteiger partial charge in [-0.05, 0) is 57.3 Å². The van der Waals surface area contributed by atoms with Crippen molar-refractivity contribution in [3.63, 3.8) is 0 Å². The van der Waals surface area contributed by atoms with E-state index in [1.165, 1.54) is 31.1 Å². The Balaban J connectivity index is 1.37. The zero-order valence-electron chi connectivity index (χ0n) is 32.1. The van der Waals surface area contributed by atoms with Crippen molar-refractivity contribution in [3.8, 4) is 17.4 Å². The molecule has 4 aliphatic rings. The zero-order chi connectivity index (χ0) is 41.7. The number of nitrogens with one attached hydrogen (secondary N) is 3. The summed E-state index contributed by atoms with van der Waals surface area (Å²) in [5.41, 5.74) is -3.22. The highest BCUT2D eigenvalue weighted by molar-refractivity contribution is 7.91. The first-order valence-electron chi connectivity index (χ1n) is 18.8. The highest BCUT2D eigenvalue weighted by Crippen LogP contribution is 2.48. The first kappa shape index (κ1) is 41.7. The Morgan fingerprint density at radius 1 is 1.09 bits per heavy atom. The van der Waals surface area contributed by atoms with Crippen LogP contribution < -0.4 is 29.6 Å². The smallest absolute Gasteiger partial charge is 0.438 e. The van der Waals surface area contributed by atoms with E-state index in [-0.39, 0.29) is 47.8 Å². The van der Waals surface area contributed by atoms with E-state index in [9.17, 15) is 45.9 Å². The summed E-state index contributed by atoms with van der Waals surface area (Å²) in [6.07, 6.45) is -0.785. The van der Waals surface area contributed by atoms with Crippen LogP contribution in [0.1, 0.15) is 77.8 Å². The van der Waals surface area contributed by atoms with Gasteiger partial charge < -0.3 is 34.9 Å². The van der Waals surface area contributed by atoms with Crippen molar-refractivity contribution < 1.29 is 60.1 Å². The fraction of sp³-hybridized carbons (Fsp3) is 0.622. The molecular weight excluding hydrogens is 778 g/mol. The number of carboxylic acid groups (broad SMARTS) is 1. The number of benzene rings is 1. The van der Waals surface area contributed by atoms with E-state index in [0.29, 0.717) is 38.5 Å². The number of fused-ring (bicyclic) bond motifs is 3. The molecule has 20 heteroatoms. The average Bonchev–Trinajstić information content (AvgIpc) is 4.03. The van der Waals surface area contributed by atoms with Crippen molar-refractivity contribution in [2.45, 2.75) is 107 Å². The number of allylic oxidation sites excluding steroid dienone is 1. The molecule has 0 bridgehead atoms. The van der Waals surface area contributed by atoms with Crippen LogP contribution in [0.4, 0.5) is 18.0 Å². The molecule has 0 spiro atoms. The van der Waals surface area contributed by atoms with Gasteiger partial charge in [0.25, 0.3) is 5.91 Å². The van der Waals surface area contributed by atoms with Gasteiger partial charge >= 0.3 is 12.3 Å². The minimum Gasteiger partial charge on any atom is -0.493 e. The number of carbonyl (C=O) groups is 4. The molecule has 1 aromatic heterocycles. The lowest BCUT2D eigenvalue weighted by Crippen LogP contribution is -2.59. The number of methoxy groups -OCH3 is 2. The maximum atomic E-state index is 14.6. The molecule has 0 unspecified atom stereocenters. The number of carbonyl (C=O) groups excluding carboxylic acids is 3. The van der Waals surface area contributed by atoms with Crippen molar-refractivity contribution in [1.82, 2.24) is 30.2 Å². The number of amides is 4. The predicted octanol–water partition coefficient (Wildman–Crippen LogP) is 3.93. The van der Waals surface area contributed by atoms with Gasteiger partial charge in [-0.15, -0.1) is 0 Å². The van der Waals surface area contributed by atoms with Crippen LogP contribution in [-0.4, -0.2) is 101 Å². The van der Waals surface area contributed by atoms with Gasteiger partial charge in [-0.1, -0.05) is 32.4 Å². The maximum Gasteiger partial charge on any atom is 0.438 e. The van der Waals surface area contributed by atoms with Gasteiger partial charge in [0, 0.05) is 24.5 Å². The zero-order valence-corrected chi connectivity index (χ0v) is 33.0. The van der Waals surface area contributed by atoms with E-state index in [0.717, 1.165) is 7.11 Å².